The smallest absolute Gasteiger partial charge is 0.260 e. The third-order valence-corrected chi connectivity index (χ3v) is 2.89. The standard InChI is InChI=1S/C15H22FNO2/c1-4-5-6-9-17-15(18)12(3)19-14-8-7-13(16)10-11(14)2/h7-8,10,12H,4-6,9H2,1-3H3,(H,17,18). The Hall–Kier alpha value is -1.58. The zero-order chi connectivity index (χ0) is 14.3. The number of carbonyl (C=O) groups is 1. The molecule has 0 aliphatic carbocycles. The van der Waals surface area contributed by atoms with Gasteiger partial charge in [0.2, 0.25) is 0 Å². The summed E-state index contributed by atoms with van der Waals surface area (Å²) in [6, 6.07) is 4.26. The van der Waals surface area contributed by atoms with Crippen molar-refractivity contribution < 1.29 is 13.9 Å². The van der Waals surface area contributed by atoms with Crippen molar-refractivity contribution in [3.63, 3.8) is 0 Å². The van der Waals surface area contributed by atoms with Crippen LogP contribution < -0.4 is 10.1 Å². The largest absolute Gasteiger partial charge is 0.481 e. The molecular weight excluding hydrogens is 245 g/mol. The van der Waals surface area contributed by atoms with Crippen LogP contribution in [0.5, 0.6) is 5.75 Å². The zero-order valence-corrected chi connectivity index (χ0v) is 11.8. The molecule has 0 spiro atoms. The van der Waals surface area contributed by atoms with Gasteiger partial charge >= 0.3 is 0 Å². The first-order valence-electron chi connectivity index (χ1n) is 6.75. The lowest BCUT2D eigenvalue weighted by Gasteiger charge is -2.16. The van der Waals surface area contributed by atoms with E-state index in [1.165, 1.54) is 12.1 Å². The highest BCUT2D eigenvalue weighted by Crippen LogP contribution is 2.19. The van der Waals surface area contributed by atoms with Gasteiger partial charge in [-0.3, -0.25) is 4.79 Å². The molecule has 0 aliphatic heterocycles. The number of hydrogen-bond acceptors (Lipinski definition) is 2. The highest BCUT2D eigenvalue weighted by atomic mass is 19.1. The lowest BCUT2D eigenvalue weighted by atomic mass is 10.2. The lowest BCUT2D eigenvalue weighted by molar-refractivity contribution is -0.127. The minimum Gasteiger partial charge on any atom is -0.481 e. The summed E-state index contributed by atoms with van der Waals surface area (Å²) < 4.78 is 18.5. The van der Waals surface area contributed by atoms with Gasteiger partial charge in [0.15, 0.2) is 6.10 Å². The maximum atomic E-state index is 12.9. The molecule has 1 aromatic rings. The molecule has 1 rings (SSSR count). The number of carbonyl (C=O) groups excluding carboxylic acids is 1. The van der Waals surface area contributed by atoms with Crippen LogP contribution in [0.3, 0.4) is 0 Å². The molecule has 0 saturated heterocycles. The van der Waals surface area contributed by atoms with Crippen molar-refractivity contribution in [3.8, 4) is 5.75 Å². The Morgan fingerprint density at radius 1 is 1.42 bits per heavy atom. The van der Waals surface area contributed by atoms with Crippen molar-refractivity contribution in [1.82, 2.24) is 5.32 Å². The zero-order valence-electron chi connectivity index (χ0n) is 11.8. The van der Waals surface area contributed by atoms with Gasteiger partial charge < -0.3 is 10.1 Å². The summed E-state index contributed by atoms with van der Waals surface area (Å²) in [4.78, 5) is 11.8. The van der Waals surface area contributed by atoms with Crippen LogP contribution in [-0.4, -0.2) is 18.6 Å². The first kappa shape index (κ1) is 15.5. The Balaban J connectivity index is 2.45. The van der Waals surface area contributed by atoms with E-state index in [1.807, 2.05) is 0 Å². The third-order valence-electron chi connectivity index (χ3n) is 2.89. The fourth-order valence-corrected chi connectivity index (χ4v) is 1.72. The van der Waals surface area contributed by atoms with Gasteiger partial charge in [0, 0.05) is 6.54 Å². The van der Waals surface area contributed by atoms with Crippen molar-refractivity contribution in [3.05, 3.63) is 29.6 Å². The number of benzene rings is 1. The Morgan fingerprint density at radius 2 is 2.16 bits per heavy atom. The van der Waals surface area contributed by atoms with Gasteiger partial charge in [0.05, 0.1) is 0 Å². The molecule has 0 saturated carbocycles. The number of ether oxygens (including phenoxy) is 1. The molecule has 0 bridgehead atoms. The van der Waals surface area contributed by atoms with Crippen LogP contribution in [0.2, 0.25) is 0 Å². The first-order valence-corrected chi connectivity index (χ1v) is 6.75. The number of hydrogen-bond donors (Lipinski definition) is 1. The Bertz CT molecular complexity index is 421. The SMILES string of the molecule is CCCCCNC(=O)C(C)Oc1ccc(F)cc1C. The highest BCUT2D eigenvalue weighted by molar-refractivity contribution is 5.80. The number of rotatable bonds is 7. The fourth-order valence-electron chi connectivity index (χ4n) is 1.72. The molecule has 19 heavy (non-hydrogen) atoms. The molecule has 1 unspecified atom stereocenters. The predicted octanol–water partition coefficient (Wildman–Crippen LogP) is 3.21. The summed E-state index contributed by atoms with van der Waals surface area (Å²) in [6.45, 7) is 6.23. The molecule has 1 N–H and O–H groups in total. The Kier molecular flexibility index (Phi) is 6.33. The molecule has 3 nitrogen and oxygen atoms in total. The van der Waals surface area contributed by atoms with Crippen LogP contribution in [0, 0.1) is 12.7 Å². The molecule has 106 valence electrons. The van der Waals surface area contributed by atoms with E-state index in [0.717, 1.165) is 19.3 Å². The molecular formula is C15H22FNO2. The topological polar surface area (TPSA) is 38.3 Å². The van der Waals surface area contributed by atoms with Crippen LogP contribution >= 0.6 is 0 Å². The van der Waals surface area contributed by atoms with E-state index in [4.69, 9.17) is 4.74 Å². The van der Waals surface area contributed by atoms with Gasteiger partial charge in [-0.2, -0.15) is 0 Å². The first-order chi connectivity index (χ1) is 9.04. The summed E-state index contributed by atoms with van der Waals surface area (Å²) >= 11 is 0. The van der Waals surface area contributed by atoms with Crippen LogP contribution in [0.15, 0.2) is 18.2 Å². The average molecular weight is 267 g/mol. The number of unbranched alkanes of at least 4 members (excludes halogenated alkanes) is 2. The number of aryl methyl sites for hydroxylation is 1. The predicted molar refractivity (Wildman–Crippen MR) is 73.8 cm³/mol. The van der Waals surface area contributed by atoms with Crippen LogP contribution in [0.4, 0.5) is 4.39 Å². The Labute approximate surface area is 114 Å². The van der Waals surface area contributed by atoms with Gasteiger partial charge in [0.1, 0.15) is 11.6 Å². The van der Waals surface area contributed by atoms with Gasteiger partial charge in [-0.15, -0.1) is 0 Å². The van der Waals surface area contributed by atoms with Crippen LogP contribution in [0.25, 0.3) is 0 Å². The maximum absolute atomic E-state index is 12.9. The van der Waals surface area contributed by atoms with Gasteiger partial charge in [-0.1, -0.05) is 19.8 Å². The normalized spacial score (nSPS) is 12.0. The number of halogens is 1. The van der Waals surface area contributed by atoms with E-state index >= 15 is 0 Å². The monoisotopic (exact) mass is 267 g/mol. The van der Waals surface area contributed by atoms with Crippen molar-refractivity contribution in [2.45, 2.75) is 46.1 Å². The quantitative estimate of drug-likeness (QED) is 0.770. The number of amides is 1. The summed E-state index contributed by atoms with van der Waals surface area (Å²) in [5.74, 6) is 0.0963. The van der Waals surface area contributed by atoms with Crippen molar-refractivity contribution >= 4 is 5.91 Å². The van der Waals surface area contributed by atoms with Crippen LogP contribution in [-0.2, 0) is 4.79 Å². The maximum Gasteiger partial charge on any atom is 0.260 e. The van der Waals surface area contributed by atoms with E-state index in [-0.39, 0.29) is 11.7 Å². The molecule has 4 heteroatoms. The number of nitrogens with one attached hydrogen (secondary N) is 1. The van der Waals surface area contributed by atoms with E-state index < -0.39 is 6.10 Å². The molecule has 0 heterocycles. The minimum absolute atomic E-state index is 0.139. The molecule has 1 atom stereocenters. The molecule has 1 amide bonds. The lowest BCUT2D eigenvalue weighted by Crippen LogP contribution is -2.36. The van der Waals surface area contributed by atoms with Crippen LogP contribution in [0.1, 0.15) is 38.7 Å². The summed E-state index contributed by atoms with van der Waals surface area (Å²) in [6.07, 6.45) is 2.62. The van der Waals surface area contributed by atoms with Gasteiger partial charge in [-0.05, 0) is 44.0 Å². The summed E-state index contributed by atoms with van der Waals surface area (Å²) in [5, 5.41) is 2.83. The summed E-state index contributed by atoms with van der Waals surface area (Å²) in [5.41, 5.74) is 0.686. The van der Waals surface area contributed by atoms with E-state index in [1.54, 1.807) is 19.9 Å². The third kappa shape index (κ3) is 5.28. The second kappa shape index (κ2) is 7.77. The van der Waals surface area contributed by atoms with Crippen molar-refractivity contribution in [2.24, 2.45) is 0 Å². The molecule has 0 fully saturated rings. The fraction of sp³-hybridized carbons (Fsp3) is 0.533. The molecule has 0 radical (unpaired) electrons. The summed E-state index contributed by atoms with van der Waals surface area (Å²) in [7, 11) is 0. The van der Waals surface area contributed by atoms with Gasteiger partial charge in [-0.25, -0.2) is 4.39 Å². The highest BCUT2D eigenvalue weighted by Gasteiger charge is 2.15. The van der Waals surface area contributed by atoms with E-state index in [0.29, 0.717) is 17.9 Å². The van der Waals surface area contributed by atoms with E-state index in [9.17, 15) is 9.18 Å². The van der Waals surface area contributed by atoms with Crippen molar-refractivity contribution in [1.29, 1.82) is 0 Å². The second-order valence-corrected chi connectivity index (χ2v) is 4.67. The second-order valence-electron chi connectivity index (χ2n) is 4.67. The minimum atomic E-state index is -0.578. The van der Waals surface area contributed by atoms with E-state index in [2.05, 4.69) is 12.2 Å². The molecule has 0 aromatic heterocycles. The molecule has 1 aromatic carbocycles. The molecule has 0 aliphatic rings. The van der Waals surface area contributed by atoms with Gasteiger partial charge in [0.25, 0.3) is 5.91 Å². The Morgan fingerprint density at radius 3 is 2.79 bits per heavy atom. The average Bonchev–Trinajstić information content (AvgIpc) is 2.37. The van der Waals surface area contributed by atoms with Crippen molar-refractivity contribution in [2.75, 3.05) is 6.54 Å².